The number of aromatic nitrogens is 4. The van der Waals surface area contributed by atoms with Gasteiger partial charge in [0.15, 0.2) is 10.1 Å². The summed E-state index contributed by atoms with van der Waals surface area (Å²) in [6.45, 7) is 0.430. The number of para-hydroxylation sites is 1. The van der Waals surface area contributed by atoms with Gasteiger partial charge in [-0.2, -0.15) is 0 Å². The average molecular weight is 433 g/mol. The van der Waals surface area contributed by atoms with E-state index in [9.17, 15) is 9.59 Å². The highest BCUT2D eigenvalue weighted by Gasteiger charge is 2.13. The maximum Gasteiger partial charge on any atom is 0.262 e. The third kappa shape index (κ3) is 3.55. The second-order valence-electron chi connectivity index (χ2n) is 6.72. The first kappa shape index (κ1) is 18.8. The van der Waals surface area contributed by atoms with Crippen molar-refractivity contribution in [2.75, 3.05) is 0 Å². The molecule has 0 aliphatic rings. The molecule has 0 saturated heterocycles. The summed E-state index contributed by atoms with van der Waals surface area (Å²) in [4.78, 5) is 35.4. The predicted molar refractivity (Wildman–Crippen MR) is 120 cm³/mol. The summed E-state index contributed by atoms with van der Waals surface area (Å²) in [5.74, 6) is 0.448. The Balaban J connectivity index is 1.55. The molecule has 5 rings (SSSR count). The number of thiazole rings is 1. The van der Waals surface area contributed by atoms with Gasteiger partial charge in [0.2, 0.25) is 0 Å². The highest BCUT2D eigenvalue weighted by molar-refractivity contribution is 7.98. The maximum atomic E-state index is 13.2. The summed E-state index contributed by atoms with van der Waals surface area (Å²) < 4.78 is 3.22. The number of rotatable bonds is 5. The van der Waals surface area contributed by atoms with Gasteiger partial charge in [-0.15, -0.1) is 11.3 Å². The van der Waals surface area contributed by atoms with Crippen LogP contribution in [0.2, 0.25) is 0 Å². The van der Waals surface area contributed by atoms with Gasteiger partial charge in [0.05, 0.1) is 23.1 Å². The van der Waals surface area contributed by atoms with Crippen molar-refractivity contribution in [2.45, 2.75) is 17.5 Å². The first-order chi connectivity index (χ1) is 14.7. The van der Waals surface area contributed by atoms with Crippen LogP contribution in [0, 0.1) is 0 Å². The monoisotopic (exact) mass is 432 g/mol. The van der Waals surface area contributed by atoms with E-state index in [1.165, 1.54) is 33.6 Å². The van der Waals surface area contributed by atoms with Gasteiger partial charge >= 0.3 is 0 Å². The fraction of sp³-hybridized carbons (Fsp3) is 0.0909. The van der Waals surface area contributed by atoms with Crippen LogP contribution in [0.25, 0.3) is 15.9 Å². The fourth-order valence-electron chi connectivity index (χ4n) is 3.26. The molecule has 0 aliphatic heterocycles. The van der Waals surface area contributed by atoms with E-state index in [1.807, 2.05) is 53.9 Å². The lowest BCUT2D eigenvalue weighted by atomic mass is 10.2. The molecule has 0 amide bonds. The van der Waals surface area contributed by atoms with E-state index in [2.05, 4.69) is 4.98 Å². The summed E-state index contributed by atoms with van der Waals surface area (Å²) in [5, 5.41) is 3.04. The molecule has 0 unspecified atom stereocenters. The van der Waals surface area contributed by atoms with Crippen LogP contribution >= 0.6 is 23.1 Å². The van der Waals surface area contributed by atoms with Gasteiger partial charge in [0.1, 0.15) is 0 Å². The molecule has 0 radical (unpaired) electrons. The molecule has 148 valence electrons. The Morgan fingerprint density at radius 3 is 2.63 bits per heavy atom. The lowest BCUT2D eigenvalue weighted by molar-refractivity contribution is 0.658. The quantitative estimate of drug-likeness (QED) is 0.312. The van der Waals surface area contributed by atoms with Crippen LogP contribution in [0.4, 0.5) is 0 Å². The molecule has 30 heavy (non-hydrogen) atoms. The van der Waals surface area contributed by atoms with E-state index in [1.54, 1.807) is 16.8 Å². The van der Waals surface area contributed by atoms with E-state index >= 15 is 0 Å². The highest BCUT2D eigenvalue weighted by atomic mass is 32.2. The SMILES string of the molecule is O=c1c2ccccc2nc(SCc2cc(=O)n3ccsc3n2)n1Cc1ccccc1. The van der Waals surface area contributed by atoms with Crippen LogP contribution < -0.4 is 11.1 Å². The van der Waals surface area contributed by atoms with Gasteiger partial charge in [0.25, 0.3) is 11.1 Å². The molecular formula is C22H16N4O2S2. The van der Waals surface area contributed by atoms with Crippen molar-refractivity contribution in [3.8, 4) is 0 Å². The molecule has 3 heterocycles. The summed E-state index contributed by atoms with van der Waals surface area (Å²) in [6, 6.07) is 18.7. The largest absolute Gasteiger partial charge is 0.283 e. The van der Waals surface area contributed by atoms with Gasteiger partial charge < -0.3 is 0 Å². The molecular weight excluding hydrogens is 416 g/mol. The third-order valence-electron chi connectivity index (χ3n) is 4.72. The predicted octanol–water partition coefficient (Wildman–Crippen LogP) is 3.81. The molecule has 0 spiro atoms. The lowest BCUT2D eigenvalue weighted by Crippen LogP contribution is -2.24. The van der Waals surface area contributed by atoms with Crippen LogP contribution in [0.1, 0.15) is 11.3 Å². The Labute approximate surface area is 179 Å². The second-order valence-corrected chi connectivity index (χ2v) is 8.53. The molecule has 3 aromatic heterocycles. The zero-order chi connectivity index (χ0) is 20.5. The molecule has 6 nitrogen and oxygen atoms in total. The zero-order valence-corrected chi connectivity index (χ0v) is 17.4. The van der Waals surface area contributed by atoms with Crippen molar-refractivity contribution in [1.29, 1.82) is 0 Å². The normalized spacial score (nSPS) is 11.3. The zero-order valence-electron chi connectivity index (χ0n) is 15.8. The van der Waals surface area contributed by atoms with Gasteiger partial charge in [-0.3, -0.25) is 18.6 Å². The topological polar surface area (TPSA) is 69.3 Å². The molecule has 0 aliphatic carbocycles. The summed E-state index contributed by atoms with van der Waals surface area (Å²) in [5.41, 5.74) is 2.17. The van der Waals surface area contributed by atoms with Crippen molar-refractivity contribution in [3.05, 3.63) is 104 Å². The first-order valence-electron chi connectivity index (χ1n) is 9.31. The summed E-state index contributed by atoms with van der Waals surface area (Å²) >= 11 is 2.83. The number of nitrogens with zero attached hydrogens (tertiary/aromatic N) is 4. The van der Waals surface area contributed by atoms with Crippen molar-refractivity contribution in [2.24, 2.45) is 0 Å². The van der Waals surface area contributed by atoms with Crippen LogP contribution in [-0.4, -0.2) is 18.9 Å². The standard InChI is InChI=1S/C22H16N4O2S2/c27-19-12-16(23-21-25(19)10-11-29-21)14-30-22-24-18-9-5-4-8-17(18)20(28)26(22)13-15-6-2-1-3-7-15/h1-12H,13-14H2. The van der Waals surface area contributed by atoms with E-state index in [4.69, 9.17) is 4.98 Å². The fourth-order valence-corrected chi connectivity index (χ4v) is 4.89. The van der Waals surface area contributed by atoms with Crippen LogP contribution in [0.15, 0.2) is 87.0 Å². The minimum Gasteiger partial charge on any atom is -0.283 e. The van der Waals surface area contributed by atoms with Crippen molar-refractivity contribution < 1.29 is 0 Å². The van der Waals surface area contributed by atoms with Crippen molar-refractivity contribution >= 4 is 39.0 Å². The van der Waals surface area contributed by atoms with Gasteiger partial charge in [-0.05, 0) is 17.7 Å². The van der Waals surface area contributed by atoms with E-state index < -0.39 is 0 Å². The van der Waals surface area contributed by atoms with E-state index in [0.29, 0.717) is 39.0 Å². The Hall–Kier alpha value is -3.23. The third-order valence-corrected chi connectivity index (χ3v) is 6.48. The Morgan fingerprint density at radius 1 is 0.967 bits per heavy atom. The first-order valence-corrected chi connectivity index (χ1v) is 11.2. The molecule has 0 N–H and O–H groups in total. The number of hydrogen-bond acceptors (Lipinski definition) is 6. The van der Waals surface area contributed by atoms with Gasteiger partial charge in [0, 0.05) is 23.4 Å². The van der Waals surface area contributed by atoms with Crippen molar-refractivity contribution in [1.82, 2.24) is 18.9 Å². The Bertz CT molecular complexity index is 1470. The Kier molecular flexibility index (Phi) is 4.94. The average Bonchev–Trinajstić information content (AvgIpc) is 3.25. The van der Waals surface area contributed by atoms with Gasteiger partial charge in [-0.25, -0.2) is 9.97 Å². The van der Waals surface area contributed by atoms with Crippen LogP contribution in [0.3, 0.4) is 0 Å². The number of hydrogen-bond donors (Lipinski definition) is 0. The molecule has 2 aromatic carbocycles. The molecule has 0 bridgehead atoms. The molecule has 0 fully saturated rings. The van der Waals surface area contributed by atoms with Crippen LogP contribution in [-0.2, 0) is 12.3 Å². The molecule has 8 heteroatoms. The molecule has 0 atom stereocenters. The van der Waals surface area contributed by atoms with Crippen LogP contribution in [0.5, 0.6) is 0 Å². The minimum atomic E-state index is -0.106. The highest BCUT2D eigenvalue weighted by Crippen LogP contribution is 2.22. The van der Waals surface area contributed by atoms with Crippen molar-refractivity contribution in [3.63, 3.8) is 0 Å². The number of thioether (sulfide) groups is 1. The summed E-state index contributed by atoms with van der Waals surface area (Å²) in [7, 11) is 0. The number of benzene rings is 2. The van der Waals surface area contributed by atoms with E-state index in [-0.39, 0.29) is 11.1 Å². The minimum absolute atomic E-state index is 0.0753. The Morgan fingerprint density at radius 2 is 1.77 bits per heavy atom. The second kappa shape index (κ2) is 7.89. The smallest absolute Gasteiger partial charge is 0.262 e. The summed E-state index contributed by atoms with van der Waals surface area (Å²) in [6.07, 6.45) is 1.72. The lowest BCUT2D eigenvalue weighted by Gasteiger charge is -2.13. The molecule has 5 aromatic rings. The van der Waals surface area contributed by atoms with E-state index in [0.717, 1.165) is 5.56 Å². The number of fused-ring (bicyclic) bond motifs is 2. The van der Waals surface area contributed by atoms with Gasteiger partial charge in [-0.1, -0.05) is 54.2 Å². The maximum absolute atomic E-state index is 13.2. The molecule has 0 saturated carbocycles.